The molecule has 2 rings (SSSR count). The highest BCUT2D eigenvalue weighted by atomic mass is 16.4. The molecule has 1 aliphatic heterocycles. The van der Waals surface area contributed by atoms with E-state index in [2.05, 4.69) is 10.6 Å². The molecule has 0 unspecified atom stereocenters. The summed E-state index contributed by atoms with van der Waals surface area (Å²) in [5, 5.41) is 14.4. The molecule has 1 saturated heterocycles. The molecule has 0 bridgehead atoms. The summed E-state index contributed by atoms with van der Waals surface area (Å²) in [6, 6.07) is -0.166. The zero-order chi connectivity index (χ0) is 19.5. The molecule has 9 nitrogen and oxygen atoms in total. The second-order valence-electron chi connectivity index (χ2n) is 7.46. The van der Waals surface area contributed by atoms with Crippen LogP contribution in [0.25, 0.3) is 0 Å². The van der Waals surface area contributed by atoms with Gasteiger partial charge in [-0.2, -0.15) is 0 Å². The summed E-state index contributed by atoms with van der Waals surface area (Å²) < 4.78 is 0. The van der Waals surface area contributed by atoms with Gasteiger partial charge in [0.25, 0.3) is 5.91 Å². The fraction of sp³-hybridized carbons (Fsp3) is 0.765. The average molecular weight is 368 g/mol. The predicted molar refractivity (Wildman–Crippen MR) is 93.4 cm³/mol. The van der Waals surface area contributed by atoms with Crippen LogP contribution in [0, 0.1) is 0 Å². The second kappa shape index (κ2) is 8.03. The molecule has 0 atom stereocenters. The van der Waals surface area contributed by atoms with Crippen LogP contribution in [-0.2, 0) is 14.4 Å². The van der Waals surface area contributed by atoms with Crippen molar-refractivity contribution >= 4 is 23.8 Å². The van der Waals surface area contributed by atoms with Gasteiger partial charge >= 0.3 is 12.0 Å². The van der Waals surface area contributed by atoms with E-state index in [1.54, 1.807) is 13.8 Å². The Labute approximate surface area is 153 Å². The fourth-order valence-electron chi connectivity index (χ4n) is 3.40. The van der Waals surface area contributed by atoms with E-state index in [4.69, 9.17) is 5.11 Å². The number of imide groups is 1. The lowest BCUT2D eigenvalue weighted by atomic mass is 9.85. The SMILES string of the molecule is CCN(CC(=O)O)C1CC(NC(=O)CCCN2C(=O)NC(C)(C)C2=O)C1. The minimum atomic E-state index is -0.888. The van der Waals surface area contributed by atoms with E-state index in [0.29, 0.717) is 13.0 Å². The van der Waals surface area contributed by atoms with Gasteiger partial charge in [0.2, 0.25) is 5.91 Å². The quantitative estimate of drug-likeness (QED) is 0.499. The normalized spacial score (nSPS) is 24.4. The fourth-order valence-corrected chi connectivity index (χ4v) is 3.40. The third-order valence-corrected chi connectivity index (χ3v) is 4.97. The van der Waals surface area contributed by atoms with Crippen LogP contribution < -0.4 is 10.6 Å². The van der Waals surface area contributed by atoms with Crippen LogP contribution in [0.3, 0.4) is 0 Å². The van der Waals surface area contributed by atoms with Crippen molar-refractivity contribution in [3.63, 3.8) is 0 Å². The Bertz CT molecular complexity index is 586. The van der Waals surface area contributed by atoms with Crippen molar-refractivity contribution in [3.05, 3.63) is 0 Å². The third-order valence-electron chi connectivity index (χ3n) is 4.97. The van der Waals surface area contributed by atoms with Crippen molar-refractivity contribution < 1.29 is 24.3 Å². The number of carboxylic acid groups (broad SMARTS) is 1. The maximum atomic E-state index is 12.0. The lowest BCUT2D eigenvalue weighted by Crippen LogP contribution is -2.54. The Morgan fingerprint density at radius 1 is 1.35 bits per heavy atom. The number of aliphatic carboxylic acids is 1. The second-order valence-corrected chi connectivity index (χ2v) is 7.46. The summed E-state index contributed by atoms with van der Waals surface area (Å²) in [4.78, 5) is 49.7. The summed E-state index contributed by atoms with van der Waals surface area (Å²) in [5.74, 6) is -1.23. The zero-order valence-corrected chi connectivity index (χ0v) is 15.6. The van der Waals surface area contributed by atoms with Gasteiger partial charge in [0.1, 0.15) is 5.54 Å². The van der Waals surface area contributed by atoms with Crippen LogP contribution in [0.5, 0.6) is 0 Å². The van der Waals surface area contributed by atoms with E-state index in [0.717, 1.165) is 17.7 Å². The minimum absolute atomic E-state index is 0.0180. The maximum absolute atomic E-state index is 12.0. The number of carbonyl (C=O) groups is 4. The highest BCUT2D eigenvalue weighted by Gasteiger charge is 2.43. The number of rotatable bonds is 9. The molecule has 0 aromatic heterocycles. The molecular formula is C17H28N4O5. The van der Waals surface area contributed by atoms with Gasteiger partial charge in [0.05, 0.1) is 6.54 Å². The molecule has 3 N–H and O–H groups in total. The standard InChI is InChI=1S/C17H28N4O5/c1-4-20(10-14(23)24)12-8-11(9-12)18-13(22)6-5-7-21-15(25)17(2,3)19-16(21)26/h11-12H,4-10H2,1-3H3,(H,18,22)(H,19,26)(H,23,24). The first-order chi connectivity index (χ1) is 12.1. The summed E-state index contributed by atoms with van der Waals surface area (Å²) >= 11 is 0. The molecule has 1 saturated carbocycles. The van der Waals surface area contributed by atoms with Crippen LogP contribution in [0.1, 0.15) is 46.5 Å². The van der Waals surface area contributed by atoms with Crippen LogP contribution in [0.4, 0.5) is 4.79 Å². The van der Waals surface area contributed by atoms with Crippen molar-refractivity contribution in [2.45, 2.75) is 64.1 Å². The van der Waals surface area contributed by atoms with Crippen LogP contribution in [0.2, 0.25) is 0 Å². The van der Waals surface area contributed by atoms with Crippen molar-refractivity contribution in [1.82, 2.24) is 20.4 Å². The summed E-state index contributed by atoms with van der Waals surface area (Å²) in [5.41, 5.74) is -0.888. The maximum Gasteiger partial charge on any atom is 0.325 e. The molecule has 1 aliphatic carbocycles. The van der Waals surface area contributed by atoms with Crippen molar-refractivity contribution in [2.24, 2.45) is 0 Å². The Morgan fingerprint density at radius 3 is 2.50 bits per heavy atom. The molecule has 4 amide bonds. The van der Waals surface area contributed by atoms with E-state index in [-0.39, 0.29) is 43.4 Å². The Kier molecular flexibility index (Phi) is 6.22. The first-order valence-corrected chi connectivity index (χ1v) is 9.03. The molecular weight excluding hydrogens is 340 g/mol. The highest BCUT2D eigenvalue weighted by Crippen LogP contribution is 2.25. The van der Waals surface area contributed by atoms with Crippen molar-refractivity contribution in [3.8, 4) is 0 Å². The van der Waals surface area contributed by atoms with Gasteiger partial charge in [-0.05, 0) is 39.7 Å². The van der Waals surface area contributed by atoms with Gasteiger partial charge in [-0.3, -0.25) is 24.2 Å². The molecule has 1 heterocycles. The number of likely N-dealkylation sites (N-methyl/N-ethyl adjacent to an activating group) is 1. The predicted octanol–water partition coefficient (Wildman–Crippen LogP) is 0.151. The first kappa shape index (κ1) is 20.2. The smallest absolute Gasteiger partial charge is 0.325 e. The molecule has 2 fully saturated rings. The summed E-state index contributed by atoms with van der Waals surface area (Å²) in [6.07, 6.45) is 2.14. The summed E-state index contributed by atoms with van der Waals surface area (Å²) in [7, 11) is 0. The highest BCUT2D eigenvalue weighted by molar-refractivity contribution is 6.06. The molecule has 2 aliphatic rings. The van der Waals surface area contributed by atoms with Crippen LogP contribution in [0.15, 0.2) is 0 Å². The molecule has 0 aromatic rings. The molecule has 26 heavy (non-hydrogen) atoms. The molecule has 0 aromatic carbocycles. The third kappa shape index (κ3) is 4.72. The van der Waals surface area contributed by atoms with Crippen molar-refractivity contribution in [2.75, 3.05) is 19.6 Å². The Balaban J connectivity index is 1.66. The largest absolute Gasteiger partial charge is 0.480 e. The number of carboxylic acids is 1. The lowest BCUT2D eigenvalue weighted by Gasteiger charge is -2.42. The van der Waals surface area contributed by atoms with Crippen molar-refractivity contribution in [1.29, 1.82) is 0 Å². The van der Waals surface area contributed by atoms with Gasteiger partial charge in [-0.1, -0.05) is 6.92 Å². The molecule has 9 heteroatoms. The molecule has 146 valence electrons. The van der Waals surface area contributed by atoms with E-state index in [1.807, 2.05) is 11.8 Å². The van der Waals surface area contributed by atoms with E-state index in [1.165, 1.54) is 0 Å². The van der Waals surface area contributed by atoms with Crippen LogP contribution >= 0.6 is 0 Å². The molecule has 0 radical (unpaired) electrons. The van der Waals surface area contributed by atoms with Gasteiger partial charge in [0.15, 0.2) is 0 Å². The van der Waals surface area contributed by atoms with Crippen LogP contribution in [-0.4, -0.2) is 76.0 Å². The number of nitrogens with zero attached hydrogens (tertiary/aromatic N) is 2. The number of hydrogen-bond acceptors (Lipinski definition) is 5. The Hall–Kier alpha value is -2.16. The summed E-state index contributed by atoms with van der Waals surface area (Å²) in [6.45, 7) is 6.13. The average Bonchev–Trinajstić information content (AvgIpc) is 2.69. The lowest BCUT2D eigenvalue weighted by molar-refractivity contribution is -0.139. The van der Waals surface area contributed by atoms with Gasteiger partial charge in [-0.25, -0.2) is 4.79 Å². The molecule has 0 spiro atoms. The van der Waals surface area contributed by atoms with Gasteiger partial charge in [0, 0.05) is 25.0 Å². The van der Waals surface area contributed by atoms with E-state index >= 15 is 0 Å². The number of amides is 4. The van der Waals surface area contributed by atoms with Gasteiger partial charge in [-0.15, -0.1) is 0 Å². The van der Waals surface area contributed by atoms with Gasteiger partial charge < -0.3 is 15.7 Å². The number of nitrogens with one attached hydrogen (secondary N) is 2. The minimum Gasteiger partial charge on any atom is -0.480 e. The number of hydrogen-bond donors (Lipinski definition) is 3. The first-order valence-electron chi connectivity index (χ1n) is 9.03. The zero-order valence-electron chi connectivity index (χ0n) is 15.6. The van der Waals surface area contributed by atoms with E-state index in [9.17, 15) is 19.2 Å². The number of carbonyl (C=O) groups excluding carboxylic acids is 3. The number of urea groups is 1. The topological polar surface area (TPSA) is 119 Å². The monoisotopic (exact) mass is 368 g/mol. The van der Waals surface area contributed by atoms with E-state index < -0.39 is 17.5 Å². The Morgan fingerprint density at radius 2 is 2.00 bits per heavy atom.